The Hall–Kier alpha value is -0.0831. The first-order chi connectivity index (χ1) is 6.81. The molecule has 15 heavy (non-hydrogen) atoms. The Labute approximate surface area is 96.0 Å². The van der Waals surface area contributed by atoms with Crippen molar-refractivity contribution in [1.82, 2.24) is 0 Å². The summed E-state index contributed by atoms with van der Waals surface area (Å²) >= 11 is 0. The van der Waals surface area contributed by atoms with Crippen LogP contribution >= 0.6 is 0 Å². The van der Waals surface area contributed by atoms with E-state index in [1.165, 1.54) is 32.1 Å². The van der Waals surface area contributed by atoms with Gasteiger partial charge in [0.25, 0.3) is 0 Å². The second-order valence-electron chi connectivity index (χ2n) is 6.11. The molecule has 0 aliphatic heterocycles. The van der Waals surface area contributed by atoms with Crippen molar-refractivity contribution in [2.75, 3.05) is 0 Å². The van der Waals surface area contributed by atoms with Crippen LogP contribution in [0.3, 0.4) is 0 Å². The minimum atomic E-state index is -1.40. The molecular formula is C13H26OSi. The molecule has 0 aromatic heterocycles. The molecule has 1 atom stereocenters. The van der Waals surface area contributed by atoms with Crippen molar-refractivity contribution in [1.29, 1.82) is 0 Å². The molecule has 0 fully saturated rings. The summed E-state index contributed by atoms with van der Waals surface area (Å²) in [6.45, 7) is 11.4. The SMILES string of the molecule is CC1=CCCCC(C)(O[Si](C)(C)C)CC1. The monoisotopic (exact) mass is 226 g/mol. The Morgan fingerprint density at radius 1 is 1.27 bits per heavy atom. The molecule has 0 bridgehead atoms. The van der Waals surface area contributed by atoms with Crippen LogP contribution in [0.1, 0.15) is 46.0 Å². The zero-order chi connectivity index (χ0) is 11.5. The van der Waals surface area contributed by atoms with E-state index in [-0.39, 0.29) is 5.60 Å². The fourth-order valence-electron chi connectivity index (χ4n) is 2.35. The van der Waals surface area contributed by atoms with Crippen molar-refractivity contribution in [2.45, 2.75) is 71.2 Å². The van der Waals surface area contributed by atoms with Crippen LogP contribution in [0, 0.1) is 0 Å². The Morgan fingerprint density at radius 2 is 1.93 bits per heavy atom. The molecule has 1 nitrogen and oxygen atoms in total. The molecule has 0 aromatic carbocycles. The summed E-state index contributed by atoms with van der Waals surface area (Å²) in [7, 11) is -1.40. The van der Waals surface area contributed by atoms with E-state index in [0.29, 0.717) is 0 Å². The summed E-state index contributed by atoms with van der Waals surface area (Å²) in [5, 5.41) is 0. The highest BCUT2D eigenvalue weighted by Crippen LogP contribution is 2.31. The summed E-state index contributed by atoms with van der Waals surface area (Å²) in [4.78, 5) is 0. The molecule has 1 aliphatic rings. The standard InChI is InChI=1S/C13H26OSi/c1-12-8-6-7-10-13(2,11-9-12)14-15(3,4)5/h8H,6-7,9-11H2,1-5H3. The molecule has 0 aromatic rings. The topological polar surface area (TPSA) is 9.23 Å². The maximum Gasteiger partial charge on any atom is 0.184 e. The number of allylic oxidation sites excluding steroid dienone is 2. The molecule has 1 unspecified atom stereocenters. The van der Waals surface area contributed by atoms with Crippen molar-refractivity contribution in [3.63, 3.8) is 0 Å². The van der Waals surface area contributed by atoms with Crippen LogP contribution in [0.2, 0.25) is 19.6 Å². The number of rotatable bonds is 2. The predicted octanol–water partition coefficient (Wildman–Crippen LogP) is 4.51. The fourth-order valence-corrected chi connectivity index (χ4v) is 4.04. The van der Waals surface area contributed by atoms with Gasteiger partial charge < -0.3 is 4.43 Å². The van der Waals surface area contributed by atoms with Gasteiger partial charge in [-0.3, -0.25) is 0 Å². The third-order valence-electron chi connectivity index (χ3n) is 3.00. The van der Waals surface area contributed by atoms with E-state index in [1.54, 1.807) is 5.57 Å². The lowest BCUT2D eigenvalue weighted by Gasteiger charge is -2.37. The van der Waals surface area contributed by atoms with Gasteiger partial charge in [-0.1, -0.05) is 11.6 Å². The van der Waals surface area contributed by atoms with Gasteiger partial charge in [-0.15, -0.1) is 0 Å². The van der Waals surface area contributed by atoms with Crippen molar-refractivity contribution in [2.24, 2.45) is 0 Å². The second-order valence-corrected chi connectivity index (χ2v) is 10.5. The highest BCUT2D eigenvalue weighted by atomic mass is 28.4. The smallest absolute Gasteiger partial charge is 0.184 e. The van der Waals surface area contributed by atoms with Crippen LogP contribution in [0.5, 0.6) is 0 Å². The maximum atomic E-state index is 6.36. The normalized spacial score (nSPS) is 29.3. The maximum absolute atomic E-state index is 6.36. The molecular weight excluding hydrogens is 200 g/mol. The molecule has 0 saturated carbocycles. The average molecular weight is 226 g/mol. The Morgan fingerprint density at radius 3 is 2.53 bits per heavy atom. The molecule has 1 rings (SSSR count). The quantitative estimate of drug-likeness (QED) is 0.497. The summed E-state index contributed by atoms with van der Waals surface area (Å²) in [6, 6.07) is 0. The van der Waals surface area contributed by atoms with Crippen LogP contribution in [-0.4, -0.2) is 13.9 Å². The molecule has 0 N–H and O–H groups in total. The molecule has 0 amide bonds. The van der Waals surface area contributed by atoms with Gasteiger partial charge in [0.2, 0.25) is 0 Å². The van der Waals surface area contributed by atoms with Crippen LogP contribution in [-0.2, 0) is 4.43 Å². The lowest BCUT2D eigenvalue weighted by atomic mass is 9.89. The summed E-state index contributed by atoms with van der Waals surface area (Å²) in [5.41, 5.74) is 1.68. The number of hydrogen-bond acceptors (Lipinski definition) is 1. The third-order valence-corrected chi connectivity index (χ3v) is 4.11. The largest absolute Gasteiger partial charge is 0.412 e. The minimum absolute atomic E-state index is 0.139. The fraction of sp³-hybridized carbons (Fsp3) is 0.846. The van der Waals surface area contributed by atoms with E-state index < -0.39 is 8.32 Å². The third kappa shape index (κ3) is 4.98. The first kappa shape index (κ1) is 13.0. The summed E-state index contributed by atoms with van der Waals surface area (Å²) in [5.74, 6) is 0. The zero-order valence-electron chi connectivity index (χ0n) is 11.0. The first-order valence-corrected chi connectivity index (χ1v) is 9.57. The zero-order valence-corrected chi connectivity index (χ0v) is 12.0. The van der Waals surface area contributed by atoms with E-state index in [4.69, 9.17) is 4.43 Å². The minimum Gasteiger partial charge on any atom is -0.412 e. The average Bonchev–Trinajstić information content (AvgIpc) is 2.04. The first-order valence-electron chi connectivity index (χ1n) is 6.17. The molecule has 88 valence electrons. The number of hydrogen-bond donors (Lipinski definition) is 0. The lowest BCUT2D eigenvalue weighted by molar-refractivity contribution is 0.0588. The van der Waals surface area contributed by atoms with Crippen LogP contribution < -0.4 is 0 Å². The van der Waals surface area contributed by atoms with Crippen LogP contribution in [0.25, 0.3) is 0 Å². The molecule has 1 aliphatic carbocycles. The molecule has 0 spiro atoms. The van der Waals surface area contributed by atoms with E-state index >= 15 is 0 Å². The van der Waals surface area contributed by atoms with Crippen LogP contribution in [0.4, 0.5) is 0 Å². The molecule has 2 heteroatoms. The van der Waals surface area contributed by atoms with Crippen molar-refractivity contribution in [3.8, 4) is 0 Å². The Balaban J connectivity index is 2.63. The van der Waals surface area contributed by atoms with Crippen molar-refractivity contribution < 1.29 is 4.43 Å². The van der Waals surface area contributed by atoms with Gasteiger partial charge in [-0.05, 0) is 65.6 Å². The molecule has 0 saturated heterocycles. The second kappa shape index (κ2) is 4.83. The van der Waals surface area contributed by atoms with Gasteiger partial charge >= 0.3 is 0 Å². The molecule has 0 heterocycles. The summed E-state index contributed by atoms with van der Waals surface area (Å²) in [6.07, 6.45) is 8.53. The van der Waals surface area contributed by atoms with Gasteiger partial charge in [0.05, 0.1) is 5.60 Å². The molecule has 0 radical (unpaired) electrons. The Bertz CT molecular complexity index is 239. The van der Waals surface area contributed by atoms with Gasteiger partial charge in [0.15, 0.2) is 8.32 Å². The van der Waals surface area contributed by atoms with E-state index in [1.807, 2.05) is 0 Å². The highest BCUT2D eigenvalue weighted by molar-refractivity contribution is 6.69. The van der Waals surface area contributed by atoms with Gasteiger partial charge in [0.1, 0.15) is 0 Å². The van der Waals surface area contributed by atoms with E-state index in [9.17, 15) is 0 Å². The summed E-state index contributed by atoms with van der Waals surface area (Å²) < 4.78 is 6.36. The van der Waals surface area contributed by atoms with Crippen LogP contribution in [0.15, 0.2) is 11.6 Å². The van der Waals surface area contributed by atoms with E-state index in [2.05, 4.69) is 39.6 Å². The lowest BCUT2D eigenvalue weighted by Crippen LogP contribution is -2.40. The van der Waals surface area contributed by atoms with Gasteiger partial charge in [0, 0.05) is 0 Å². The van der Waals surface area contributed by atoms with Gasteiger partial charge in [-0.2, -0.15) is 0 Å². The highest BCUT2D eigenvalue weighted by Gasteiger charge is 2.31. The van der Waals surface area contributed by atoms with Crippen molar-refractivity contribution >= 4 is 8.32 Å². The van der Waals surface area contributed by atoms with Gasteiger partial charge in [-0.25, -0.2) is 0 Å². The Kier molecular flexibility index (Phi) is 4.18. The van der Waals surface area contributed by atoms with E-state index in [0.717, 1.165) is 0 Å². The van der Waals surface area contributed by atoms with Crippen molar-refractivity contribution in [3.05, 3.63) is 11.6 Å². The predicted molar refractivity (Wildman–Crippen MR) is 69.7 cm³/mol.